The van der Waals surface area contributed by atoms with E-state index in [2.05, 4.69) is 41.7 Å². The molecule has 2 unspecified atom stereocenters. The molecule has 1 saturated heterocycles. The molecule has 0 spiro atoms. The Morgan fingerprint density at radius 1 is 1.00 bits per heavy atom. The molecule has 3 aromatic rings. The smallest absolute Gasteiger partial charge is 0.196 e. The highest BCUT2D eigenvalue weighted by atomic mass is 17.2. The molecule has 1 heterocycles. The van der Waals surface area contributed by atoms with E-state index in [1.807, 2.05) is 45.9 Å². The zero-order chi connectivity index (χ0) is 21.0. The van der Waals surface area contributed by atoms with E-state index in [0.717, 1.165) is 27.8 Å². The molecule has 1 aliphatic heterocycles. The number of benzene rings is 3. The molecule has 5 nitrogen and oxygen atoms in total. The molecule has 5 heteroatoms. The lowest BCUT2D eigenvalue weighted by Crippen LogP contribution is -2.54. The Hall–Kier alpha value is -2.91. The van der Waals surface area contributed by atoms with E-state index in [1.54, 1.807) is 0 Å². The fourth-order valence-electron chi connectivity index (χ4n) is 4.21. The van der Waals surface area contributed by atoms with Crippen LogP contribution in [-0.4, -0.2) is 18.1 Å². The topological polar surface area (TPSA) is 63.5 Å². The van der Waals surface area contributed by atoms with E-state index in [9.17, 15) is 5.26 Å². The average Bonchev–Trinajstić information content (AvgIpc) is 3.05. The highest BCUT2D eigenvalue weighted by Crippen LogP contribution is 2.49. The summed E-state index contributed by atoms with van der Waals surface area (Å²) in [6.45, 7) is 7.96. The highest BCUT2D eigenvalue weighted by Gasteiger charge is 2.41. The molecule has 152 valence electrons. The first kappa shape index (κ1) is 19.1. The van der Waals surface area contributed by atoms with E-state index in [1.165, 1.54) is 10.9 Å². The van der Waals surface area contributed by atoms with Crippen molar-refractivity contribution in [3.05, 3.63) is 54.1 Å². The van der Waals surface area contributed by atoms with Gasteiger partial charge in [-0.1, -0.05) is 44.2 Å². The summed E-state index contributed by atoms with van der Waals surface area (Å²) in [5.74, 6) is 0.169. The van der Waals surface area contributed by atoms with Gasteiger partial charge in [-0.3, -0.25) is 0 Å². The third-order valence-corrected chi connectivity index (χ3v) is 5.86. The lowest BCUT2D eigenvalue weighted by atomic mass is 10.0. The number of ether oxygens (including phenoxy) is 1. The van der Waals surface area contributed by atoms with Crippen molar-refractivity contribution in [2.45, 2.75) is 45.8 Å². The summed E-state index contributed by atoms with van der Waals surface area (Å²) in [4.78, 5) is 11.1. The molecule has 0 saturated carbocycles. The Kier molecular flexibility index (Phi) is 4.33. The molecule has 2 atom stereocenters. The van der Waals surface area contributed by atoms with Crippen molar-refractivity contribution in [2.24, 2.45) is 5.92 Å². The van der Waals surface area contributed by atoms with Gasteiger partial charge in [0, 0.05) is 17.0 Å². The lowest BCUT2D eigenvalue weighted by molar-refractivity contribution is -0.485. The van der Waals surface area contributed by atoms with E-state index in [4.69, 9.17) is 14.5 Å². The first-order chi connectivity index (χ1) is 14.4. The number of anilines is 1. The monoisotopic (exact) mass is 400 g/mol. The normalized spacial score (nSPS) is 21.5. The van der Waals surface area contributed by atoms with Crippen LogP contribution in [0.15, 0.2) is 48.5 Å². The number of nitriles is 1. The van der Waals surface area contributed by atoms with Crippen LogP contribution in [0.3, 0.4) is 0 Å². The van der Waals surface area contributed by atoms with E-state index < -0.39 is 11.9 Å². The van der Waals surface area contributed by atoms with Crippen LogP contribution in [-0.2, 0) is 14.5 Å². The highest BCUT2D eigenvalue weighted by molar-refractivity contribution is 6.18. The maximum atomic E-state index is 9.32. The summed E-state index contributed by atoms with van der Waals surface area (Å²) in [6.07, 6.45) is -0.800. The van der Waals surface area contributed by atoms with Crippen molar-refractivity contribution in [3.63, 3.8) is 0 Å². The van der Waals surface area contributed by atoms with Crippen LogP contribution < -0.4 is 5.32 Å². The van der Waals surface area contributed by atoms with Crippen LogP contribution in [0.25, 0.3) is 33.0 Å². The van der Waals surface area contributed by atoms with Gasteiger partial charge < -0.3 is 10.1 Å². The van der Waals surface area contributed by atoms with Crippen molar-refractivity contribution >= 4 is 16.5 Å². The third kappa shape index (κ3) is 2.88. The molecule has 1 aliphatic carbocycles. The number of fused-ring (bicyclic) bond motifs is 3. The van der Waals surface area contributed by atoms with Crippen molar-refractivity contribution in [1.82, 2.24) is 0 Å². The van der Waals surface area contributed by atoms with E-state index in [0.29, 0.717) is 5.56 Å². The number of nitrogens with zero attached hydrogens (tertiary/aromatic N) is 1. The SMILES string of the molecule is CC(C)C1OOC(C)(C)C(Nc2ccc3c4c(cccc24)-c2cc(C#N)ccc2-3)O1. The van der Waals surface area contributed by atoms with Crippen molar-refractivity contribution in [2.75, 3.05) is 5.32 Å². The van der Waals surface area contributed by atoms with Gasteiger partial charge in [0.05, 0.1) is 11.6 Å². The molecule has 30 heavy (non-hydrogen) atoms. The van der Waals surface area contributed by atoms with Crippen molar-refractivity contribution in [3.8, 4) is 28.3 Å². The van der Waals surface area contributed by atoms with Gasteiger partial charge in [-0.25, -0.2) is 9.78 Å². The zero-order valence-corrected chi connectivity index (χ0v) is 17.5. The summed E-state index contributed by atoms with van der Waals surface area (Å²) < 4.78 is 6.19. The predicted molar refractivity (Wildman–Crippen MR) is 116 cm³/mol. The molecule has 2 aliphatic rings. The molecule has 0 bridgehead atoms. The van der Waals surface area contributed by atoms with Gasteiger partial charge >= 0.3 is 0 Å². The Morgan fingerprint density at radius 2 is 1.77 bits per heavy atom. The standard InChI is InChI=1S/C25H24N2O3/c1-14(2)23-28-24(25(3,4)30-29-23)27-21-11-10-18-16-9-8-15(13-26)12-20(16)17-6-5-7-19(21)22(17)18/h5-12,14,23-24,27H,1-4H3. The molecular weight excluding hydrogens is 376 g/mol. The minimum absolute atomic E-state index is 0.169. The van der Waals surface area contributed by atoms with E-state index in [-0.39, 0.29) is 12.1 Å². The maximum Gasteiger partial charge on any atom is 0.196 e. The van der Waals surface area contributed by atoms with Gasteiger partial charge in [-0.2, -0.15) is 5.26 Å². The second-order valence-electron chi connectivity index (χ2n) is 8.82. The second-order valence-corrected chi connectivity index (χ2v) is 8.82. The fraction of sp³-hybridized carbons (Fsp3) is 0.320. The molecule has 5 rings (SSSR count). The average molecular weight is 400 g/mol. The van der Waals surface area contributed by atoms with Crippen LogP contribution in [0, 0.1) is 17.2 Å². The van der Waals surface area contributed by atoms with Crippen LogP contribution >= 0.6 is 0 Å². The maximum absolute atomic E-state index is 9.32. The van der Waals surface area contributed by atoms with Crippen molar-refractivity contribution in [1.29, 1.82) is 5.26 Å². The van der Waals surface area contributed by atoms with Gasteiger partial charge in [0.25, 0.3) is 0 Å². The lowest BCUT2D eigenvalue weighted by Gasteiger charge is -2.42. The Morgan fingerprint density at radius 3 is 2.53 bits per heavy atom. The molecule has 0 aromatic heterocycles. The quantitative estimate of drug-likeness (QED) is 0.438. The van der Waals surface area contributed by atoms with Gasteiger partial charge in [-0.15, -0.1) is 0 Å². The molecule has 0 amide bonds. The van der Waals surface area contributed by atoms with Crippen LogP contribution in [0.2, 0.25) is 0 Å². The van der Waals surface area contributed by atoms with Gasteiger partial charge in [0.15, 0.2) is 12.5 Å². The first-order valence-corrected chi connectivity index (χ1v) is 10.3. The van der Waals surface area contributed by atoms with Gasteiger partial charge in [-0.05, 0) is 59.7 Å². The second kappa shape index (κ2) is 6.82. The number of hydrogen-bond donors (Lipinski definition) is 1. The number of nitrogens with one attached hydrogen (secondary N) is 1. The summed E-state index contributed by atoms with van der Waals surface area (Å²) >= 11 is 0. The molecular formula is C25H24N2O3. The minimum atomic E-state index is -0.654. The van der Waals surface area contributed by atoms with Crippen LogP contribution in [0.1, 0.15) is 33.3 Å². The number of hydrogen-bond acceptors (Lipinski definition) is 5. The molecule has 1 N–H and O–H groups in total. The zero-order valence-electron chi connectivity index (χ0n) is 17.5. The summed E-state index contributed by atoms with van der Waals surface area (Å²) in [6, 6.07) is 18.7. The molecule has 1 fully saturated rings. The van der Waals surface area contributed by atoms with Gasteiger partial charge in [0.1, 0.15) is 5.60 Å². The van der Waals surface area contributed by atoms with Gasteiger partial charge in [0.2, 0.25) is 0 Å². The minimum Gasteiger partial charge on any atom is -0.357 e. The predicted octanol–water partition coefficient (Wildman–Crippen LogP) is 5.84. The van der Waals surface area contributed by atoms with Crippen LogP contribution in [0.4, 0.5) is 5.69 Å². The van der Waals surface area contributed by atoms with Crippen LogP contribution in [0.5, 0.6) is 0 Å². The fourth-order valence-corrected chi connectivity index (χ4v) is 4.21. The number of rotatable bonds is 3. The summed E-state index contributed by atoms with van der Waals surface area (Å²) in [5, 5.41) is 15.2. The molecule has 3 aromatic carbocycles. The molecule has 0 radical (unpaired) electrons. The summed E-state index contributed by atoms with van der Waals surface area (Å²) in [7, 11) is 0. The first-order valence-electron chi connectivity index (χ1n) is 10.3. The Labute approximate surface area is 176 Å². The summed E-state index contributed by atoms with van der Waals surface area (Å²) in [5.41, 5.74) is 5.62. The van der Waals surface area contributed by atoms with E-state index >= 15 is 0 Å². The Bertz CT molecular complexity index is 1190. The largest absolute Gasteiger partial charge is 0.357 e. The third-order valence-electron chi connectivity index (χ3n) is 5.86. The Balaban J connectivity index is 1.58. The van der Waals surface area contributed by atoms with Crippen molar-refractivity contribution < 1.29 is 14.5 Å².